The number of esters is 1. The van der Waals surface area contributed by atoms with Crippen molar-refractivity contribution in [1.29, 1.82) is 0 Å². The van der Waals surface area contributed by atoms with Crippen LogP contribution in [0.15, 0.2) is 30.3 Å². The van der Waals surface area contributed by atoms with Crippen LogP contribution in [0.4, 0.5) is 0 Å². The molecule has 0 unspecified atom stereocenters. The van der Waals surface area contributed by atoms with Crippen LogP contribution in [-0.4, -0.2) is 17.2 Å². The number of carbonyl (C=O) groups is 1. The van der Waals surface area contributed by atoms with Crippen molar-refractivity contribution < 1.29 is 14.6 Å². The third-order valence-corrected chi connectivity index (χ3v) is 3.39. The molecule has 2 rings (SSSR count). The van der Waals surface area contributed by atoms with Crippen molar-refractivity contribution in [2.45, 2.75) is 44.3 Å². The van der Waals surface area contributed by atoms with E-state index in [0.29, 0.717) is 6.42 Å². The lowest BCUT2D eigenvalue weighted by molar-refractivity contribution is -0.171. The van der Waals surface area contributed by atoms with Gasteiger partial charge in [0.25, 0.3) is 0 Å². The van der Waals surface area contributed by atoms with Crippen molar-refractivity contribution in [3.05, 3.63) is 35.9 Å². The highest BCUT2D eigenvalue weighted by Crippen LogP contribution is 2.38. The van der Waals surface area contributed by atoms with E-state index in [0.717, 1.165) is 24.8 Å². The van der Waals surface area contributed by atoms with Crippen LogP contribution < -0.4 is 0 Å². The van der Waals surface area contributed by atoms with Gasteiger partial charge in [0.1, 0.15) is 11.7 Å². The van der Waals surface area contributed by atoms with E-state index in [4.69, 9.17) is 4.74 Å². The maximum atomic E-state index is 11.1. The molecule has 1 N–H and O–H groups in total. The Bertz CT molecular complexity index is 388. The van der Waals surface area contributed by atoms with Crippen LogP contribution in [0.25, 0.3) is 0 Å². The molecule has 0 heterocycles. The standard InChI is InChI=1S/C14H18O3/c1-11(15)17-13-9-5-6-10-14(13,16)12-7-3-2-4-8-12/h2-4,7-8,13,16H,5-6,9-10H2,1H3/t13-,14-/m1/s1. The van der Waals surface area contributed by atoms with E-state index in [1.807, 2.05) is 30.3 Å². The summed E-state index contributed by atoms with van der Waals surface area (Å²) in [5.74, 6) is -0.328. The minimum atomic E-state index is -1.02. The highest BCUT2D eigenvalue weighted by Gasteiger charge is 2.42. The van der Waals surface area contributed by atoms with E-state index >= 15 is 0 Å². The molecule has 0 aliphatic heterocycles. The lowest BCUT2D eigenvalue weighted by Crippen LogP contribution is -2.44. The van der Waals surface area contributed by atoms with E-state index < -0.39 is 11.7 Å². The lowest BCUT2D eigenvalue weighted by Gasteiger charge is -2.39. The Balaban J connectivity index is 2.28. The van der Waals surface area contributed by atoms with Gasteiger partial charge in [0, 0.05) is 6.92 Å². The first-order valence-electron chi connectivity index (χ1n) is 6.08. The molecule has 3 nitrogen and oxygen atoms in total. The number of rotatable bonds is 2. The highest BCUT2D eigenvalue weighted by molar-refractivity contribution is 5.66. The van der Waals surface area contributed by atoms with Gasteiger partial charge >= 0.3 is 5.97 Å². The van der Waals surface area contributed by atoms with E-state index in [1.165, 1.54) is 6.92 Å². The van der Waals surface area contributed by atoms with Crippen molar-refractivity contribution in [3.8, 4) is 0 Å². The Morgan fingerprint density at radius 2 is 2.06 bits per heavy atom. The van der Waals surface area contributed by atoms with Gasteiger partial charge in [-0.05, 0) is 31.2 Å². The molecule has 0 bridgehead atoms. The molecule has 92 valence electrons. The monoisotopic (exact) mass is 234 g/mol. The Hall–Kier alpha value is -1.35. The summed E-state index contributed by atoms with van der Waals surface area (Å²) in [7, 11) is 0. The SMILES string of the molecule is CC(=O)O[C@@H]1CCCC[C@@]1(O)c1ccccc1. The molecular formula is C14H18O3. The van der Waals surface area contributed by atoms with Crippen LogP contribution >= 0.6 is 0 Å². The number of hydrogen-bond donors (Lipinski definition) is 1. The summed E-state index contributed by atoms with van der Waals surface area (Å²) in [4.78, 5) is 11.1. The predicted molar refractivity (Wildman–Crippen MR) is 64.4 cm³/mol. The molecule has 1 aromatic rings. The van der Waals surface area contributed by atoms with Crippen LogP contribution in [0.3, 0.4) is 0 Å². The zero-order valence-electron chi connectivity index (χ0n) is 10.1. The molecule has 0 aromatic heterocycles. The van der Waals surface area contributed by atoms with Crippen molar-refractivity contribution in [3.63, 3.8) is 0 Å². The fraction of sp³-hybridized carbons (Fsp3) is 0.500. The molecule has 17 heavy (non-hydrogen) atoms. The molecule has 3 heteroatoms. The second-order valence-electron chi connectivity index (χ2n) is 4.63. The van der Waals surface area contributed by atoms with Crippen LogP contribution in [0.2, 0.25) is 0 Å². The zero-order chi connectivity index (χ0) is 12.3. The van der Waals surface area contributed by atoms with Gasteiger partial charge in [-0.25, -0.2) is 0 Å². The number of aliphatic hydroxyl groups is 1. The van der Waals surface area contributed by atoms with Gasteiger partial charge in [0.05, 0.1) is 0 Å². The maximum absolute atomic E-state index is 11.1. The van der Waals surface area contributed by atoms with Gasteiger partial charge < -0.3 is 9.84 Å². The average Bonchev–Trinajstić information content (AvgIpc) is 2.33. The number of carbonyl (C=O) groups excluding carboxylic acids is 1. The smallest absolute Gasteiger partial charge is 0.303 e. The van der Waals surface area contributed by atoms with Gasteiger partial charge in [-0.3, -0.25) is 4.79 Å². The summed E-state index contributed by atoms with van der Waals surface area (Å²) < 4.78 is 5.27. The summed E-state index contributed by atoms with van der Waals surface area (Å²) in [6.45, 7) is 1.39. The van der Waals surface area contributed by atoms with Gasteiger partial charge in [0.15, 0.2) is 0 Å². The van der Waals surface area contributed by atoms with Crippen LogP contribution in [0, 0.1) is 0 Å². The first kappa shape index (κ1) is 12.1. The minimum absolute atomic E-state index is 0.328. The number of hydrogen-bond acceptors (Lipinski definition) is 3. The van der Waals surface area contributed by atoms with Crippen LogP contribution in [0.1, 0.15) is 38.2 Å². The normalized spacial score (nSPS) is 28.7. The fourth-order valence-corrected chi connectivity index (χ4v) is 2.54. The second-order valence-corrected chi connectivity index (χ2v) is 4.63. The quantitative estimate of drug-likeness (QED) is 0.799. The number of benzene rings is 1. The maximum Gasteiger partial charge on any atom is 0.303 e. The predicted octanol–water partition coefficient (Wildman–Crippen LogP) is 2.38. The Kier molecular flexibility index (Phi) is 3.48. The topological polar surface area (TPSA) is 46.5 Å². The minimum Gasteiger partial charge on any atom is -0.459 e. The molecule has 2 atom stereocenters. The third-order valence-electron chi connectivity index (χ3n) is 3.39. The number of ether oxygens (including phenoxy) is 1. The van der Waals surface area contributed by atoms with Gasteiger partial charge in [0.2, 0.25) is 0 Å². The lowest BCUT2D eigenvalue weighted by atomic mass is 9.77. The van der Waals surface area contributed by atoms with Crippen LogP contribution in [0.5, 0.6) is 0 Å². The molecule has 0 saturated heterocycles. The van der Waals surface area contributed by atoms with Gasteiger partial charge in [-0.15, -0.1) is 0 Å². The first-order chi connectivity index (χ1) is 8.13. The van der Waals surface area contributed by atoms with Crippen molar-refractivity contribution in [2.75, 3.05) is 0 Å². The summed E-state index contributed by atoms with van der Waals surface area (Å²) in [6.07, 6.45) is 2.91. The molecule has 1 aliphatic carbocycles. The second kappa shape index (κ2) is 4.88. The van der Waals surface area contributed by atoms with Crippen molar-refractivity contribution in [1.82, 2.24) is 0 Å². The van der Waals surface area contributed by atoms with Crippen molar-refractivity contribution in [2.24, 2.45) is 0 Å². The van der Waals surface area contributed by atoms with E-state index in [9.17, 15) is 9.90 Å². The van der Waals surface area contributed by atoms with E-state index in [-0.39, 0.29) is 5.97 Å². The summed E-state index contributed by atoms with van der Waals surface area (Å²) in [5, 5.41) is 10.8. The summed E-state index contributed by atoms with van der Waals surface area (Å²) in [6, 6.07) is 9.49. The molecule has 0 spiro atoms. The first-order valence-corrected chi connectivity index (χ1v) is 6.08. The van der Waals surface area contributed by atoms with Gasteiger partial charge in [-0.1, -0.05) is 30.3 Å². The Morgan fingerprint density at radius 1 is 1.35 bits per heavy atom. The molecular weight excluding hydrogens is 216 g/mol. The molecule has 1 aliphatic rings. The highest BCUT2D eigenvalue weighted by atomic mass is 16.6. The van der Waals surface area contributed by atoms with Crippen LogP contribution in [-0.2, 0) is 15.1 Å². The largest absolute Gasteiger partial charge is 0.459 e. The summed E-state index contributed by atoms with van der Waals surface area (Å²) in [5.41, 5.74) is -0.184. The Morgan fingerprint density at radius 3 is 2.71 bits per heavy atom. The van der Waals surface area contributed by atoms with E-state index in [2.05, 4.69) is 0 Å². The van der Waals surface area contributed by atoms with E-state index in [1.54, 1.807) is 0 Å². The van der Waals surface area contributed by atoms with Gasteiger partial charge in [-0.2, -0.15) is 0 Å². The molecule has 0 amide bonds. The molecule has 1 aromatic carbocycles. The molecule has 1 fully saturated rings. The molecule has 0 radical (unpaired) electrons. The fourth-order valence-electron chi connectivity index (χ4n) is 2.54. The zero-order valence-corrected chi connectivity index (χ0v) is 10.1. The Labute approximate surface area is 101 Å². The average molecular weight is 234 g/mol. The molecule has 1 saturated carbocycles. The third kappa shape index (κ3) is 2.50. The van der Waals surface area contributed by atoms with Crippen molar-refractivity contribution >= 4 is 5.97 Å². The summed E-state index contributed by atoms with van der Waals surface area (Å²) >= 11 is 0.